The van der Waals surface area contributed by atoms with E-state index in [9.17, 15) is 0 Å². The summed E-state index contributed by atoms with van der Waals surface area (Å²) in [5.74, 6) is 1.73. The topological polar surface area (TPSA) is 58.1 Å². The van der Waals surface area contributed by atoms with Gasteiger partial charge in [-0.1, -0.05) is 12.1 Å². The molecular weight excluding hydrogens is 431 g/mol. The second-order valence-corrected chi connectivity index (χ2v) is 5.67. The Morgan fingerprint density at radius 3 is 2.36 bits per heavy atom. The maximum Gasteiger partial charge on any atom is 0.191 e. The van der Waals surface area contributed by atoms with Gasteiger partial charge in [0.25, 0.3) is 0 Å². The largest absolute Gasteiger partial charge is 0.497 e. The fraction of sp³-hybridized carbons (Fsp3) is 0.611. The minimum absolute atomic E-state index is 0. The lowest BCUT2D eigenvalue weighted by atomic mass is 10.1. The maximum atomic E-state index is 5.17. The van der Waals surface area contributed by atoms with Gasteiger partial charge >= 0.3 is 0 Å². The number of benzene rings is 1. The molecule has 1 aromatic carbocycles. The number of hydrogen-bond donors (Lipinski definition) is 2. The molecule has 0 heterocycles. The third kappa shape index (κ3) is 11.2. The Morgan fingerprint density at radius 1 is 1.08 bits per heavy atom. The van der Waals surface area contributed by atoms with Crippen LogP contribution in [0.25, 0.3) is 0 Å². The van der Waals surface area contributed by atoms with Crippen LogP contribution < -0.4 is 15.4 Å². The third-order valence-corrected chi connectivity index (χ3v) is 3.76. The van der Waals surface area contributed by atoms with Crippen molar-refractivity contribution in [2.24, 2.45) is 4.99 Å². The molecule has 0 atom stereocenters. The Kier molecular flexibility index (Phi) is 14.6. The van der Waals surface area contributed by atoms with Crippen LogP contribution in [0.15, 0.2) is 29.3 Å². The van der Waals surface area contributed by atoms with Gasteiger partial charge in [-0.2, -0.15) is 0 Å². The first-order valence-electron chi connectivity index (χ1n) is 8.44. The fourth-order valence-corrected chi connectivity index (χ4v) is 2.29. The van der Waals surface area contributed by atoms with Crippen LogP contribution in [-0.2, 0) is 11.2 Å². The molecule has 0 aromatic heterocycles. The zero-order valence-electron chi connectivity index (χ0n) is 15.9. The van der Waals surface area contributed by atoms with Gasteiger partial charge in [0.15, 0.2) is 5.96 Å². The van der Waals surface area contributed by atoms with Crippen LogP contribution in [0.5, 0.6) is 5.75 Å². The van der Waals surface area contributed by atoms with Crippen LogP contribution in [0, 0.1) is 0 Å². The summed E-state index contributed by atoms with van der Waals surface area (Å²) in [5.41, 5.74) is 1.27. The van der Waals surface area contributed by atoms with E-state index in [1.54, 1.807) is 21.3 Å². The standard InChI is InChI=1S/C18H32N4O2.HI/c1-19-18(21-12-14-22(2)13-5-15-23-3)20-11-10-16-6-8-17(24-4)9-7-16;/h6-9H,5,10-15H2,1-4H3,(H2,19,20,21);1H. The summed E-state index contributed by atoms with van der Waals surface area (Å²) >= 11 is 0. The number of aliphatic imine (C=N–C) groups is 1. The minimum Gasteiger partial charge on any atom is -0.497 e. The lowest BCUT2D eigenvalue weighted by molar-refractivity contribution is 0.180. The van der Waals surface area contributed by atoms with E-state index >= 15 is 0 Å². The Labute approximate surface area is 169 Å². The van der Waals surface area contributed by atoms with Crippen molar-refractivity contribution < 1.29 is 9.47 Å². The van der Waals surface area contributed by atoms with Crippen LogP contribution in [0.1, 0.15) is 12.0 Å². The van der Waals surface area contributed by atoms with Crippen LogP contribution in [0.2, 0.25) is 0 Å². The second kappa shape index (κ2) is 15.2. The number of hydrogen-bond acceptors (Lipinski definition) is 4. The van der Waals surface area contributed by atoms with Crippen LogP contribution in [0.3, 0.4) is 0 Å². The number of guanidine groups is 1. The molecule has 6 nitrogen and oxygen atoms in total. The minimum atomic E-state index is 0. The smallest absolute Gasteiger partial charge is 0.191 e. The molecule has 0 aliphatic rings. The van der Waals surface area contributed by atoms with Crippen molar-refractivity contribution in [3.8, 4) is 5.75 Å². The lowest BCUT2D eigenvalue weighted by Crippen LogP contribution is -2.41. The molecule has 0 spiro atoms. The zero-order valence-corrected chi connectivity index (χ0v) is 18.2. The van der Waals surface area contributed by atoms with E-state index < -0.39 is 0 Å². The van der Waals surface area contributed by atoms with Crippen molar-refractivity contribution in [1.82, 2.24) is 15.5 Å². The van der Waals surface area contributed by atoms with E-state index in [0.717, 1.165) is 57.3 Å². The number of likely N-dealkylation sites (N-methyl/N-ethyl adjacent to an activating group) is 1. The first-order valence-corrected chi connectivity index (χ1v) is 8.44. The van der Waals surface area contributed by atoms with Gasteiger partial charge in [-0.3, -0.25) is 4.99 Å². The second-order valence-electron chi connectivity index (χ2n) is 5.67. The Bertz CT molecular complexity index is 469. The SMILES string of the molecule is CN=C(NCCc1ccc(OC)cc1)NCCN(C)CCCOC.I. The molecule has 25 heavy (non-hydrogen) atoms. The Hall–Kier alpha value is -1.06. The summed E-state index contributed by atoms with van der Waals surface area (Å²) in [6.45, 7) is 4.54. The molecular formula is C18H33IN4O2. The molecule has 0 amide bonds. The summed E-state index contributed by atoms with van der Waals surface area (Å²) in [6.07, 6.45) is 2.00. The highest BCUT2D eigenvalue weighted by atomic mass is 127. The number of nitrogens with one attached hydrogen (secondary N) is 2. The summed E-state index contributed by atoms with van der Waals surface area (Å²) < 4.78 is 10.2. The van der Waals surface area contributed by atoms with Gasteiger partial charge in [0.1, 0.15) is 5.75 Å². The van der Waals surface area contributed by atoms with E-state index in [1.807, 2.05) is 12.1 Å². The third-order valence-electron chi connectivity index (χ3n) is 3.76. The molecule has 7 heteroatoms. The van der Waals surface area contributed by atoms with Gasteiger partial charge in [-0.15, -0.1) is 24.0 Å². The first kappa shape index (κ1) is 23.9. The molecule has 2 N–H and O–H groups in total. The van der Waals surface area contributed by atoms with E-state index in [2.05, 4.69) is 39.7 Å². The van der Waals surface area contributed by atoms with Gasteiger partial charge in [-0.05, 0) is 37.6 Å². The average Bonchev–Trinajstić information content (AvgIpc) is 2.61. The predicted octanol–water partition coefficient (Wildman–Crippen LogP) is 1.99. The summed E-state index contributed by atoms with van der Waals surface area (Å²) in [6, 6.07) is 8.15. The number of rotatable bonds is 11. The quantitative estimate of drug-likeness (QED) is 0.227. The van der Waals surface area contributed by atoms with Gasteiger partial charge in [0, 0.05) is 46.9 Å². The van der Waals surface area contributed by atoms with Gasteiger partial charge in [0.2, 0.25) is 0 Å². The number of methoxy groups -OCH3 is 2. The molecule has 0 saturated carbocycles. The van der Waals surface area contributed by atoms with Crippen molar-refractivity contribution in [2.45, 2.75) is 12.8 Å². The predicted molar refractivity (Wildman–Crippen MR) is 115 cm³/mol. The van der Waals surface area contributed by atoms with E-state index in [4.69, 9.17) is 9.47 Å². The summed E-state index contributed by atoms with van der Waals surface area (Å²) in [5, 5.41) is 6.68. The normalized spacial score (nSPS) is 11.2. The fourth-order valence-electron chi connectivity index (χ4n) is 2.29. The van der Waals surface area contributed by atoms with Crippen molar-refractivity contribution in [2.75, 3.05) is 61.1 Å². The molecule has 0 fully saturated rings. The molecule has 0 saturated heterocycles. The van der Waals surface area contributed by atoms with E-state index in [0.29, 0.717) is 0 Å². The number of nitrogens with zero attached hydrogens (tertiary/aromatic N) is 2. The van der Waals surface area contributed by atoms with Crippen LogP contribution >= 0.6 is 24.0 Å². The number of halogens is 1. The summed E-state index contributed by atoms with van der Waals surface area (Å²) in [4.78, 5) is 6.54. The van der Waals surface area contributed by atoms with Crippen molar-refractivity contribution >= 4 is 29.9 Å². The van der Waals surface area contributed by atoms with Crippen molar-refractivity contribution in [3.63, 3.8) is 0 Å². The lowest BCUT2D eigenvalue weighted by Gasteiger charge is -2.18. The summed E-state index contributed by atoms with van der Waals surface area (Å²) in [7, 11) is 7.34. The van der Waals surface area contributed by atoms with Crippen molar-refractivity contribution in [1.29, 1.82) is 0 Å². The zero-order chi connectivity index (χ0) is 17.6. The first-order chi connectivity index (χ1) is 11.7. The molecule has 144 valence electrons. The molecule has 1 rings (SSSR count). The average molecular weight is 464 g/mol. The van der Waals surface area contributed by atoms with Crippen molar-refractivity contribution in [3.05, 3.63) is 29.8 Å². The van der Waals surface area contributed by atoms with Crippen LogP contribution in [0.4, 0.5) is 0 Å². The molecule has 0 bridgehead atoms. The van der Waals surface area contributed by atoms with E-state index in [1.165, 1.54) is 5.56 Å². The maximum absolute atomic E-state index is 5.17. The van der Waals surface area contributed by atoms with E-state index in [-0.39, 0.29) is 24.0 Å². The highest BCUT2D eigenvalue weighted by Gasteiger charge is 2.01. The molecule has 0 aliphatic heterocycles. The Balaban J connectivity index is 0.00000576. The van der Waals surface area contributed by atoms with Crippen LogP contribution in [-0.4, -0.2) is 72.0 Å². The molecule has 1 aromatic rings. The monoisotopic (exact) mass is 464 g/mol. The Morgan fingerprint density at radius 2 is 1.76 bits per heavy atom. The highest BCUT2D eigenvalue weighted by Crippen LogP contribution is 2.11. The number of ether oxygens (including phenoxy) is 2. The molecule has 0 aliphatic carbocycles. The molecule has 0 radical (unpaired) electrons. The van der Waals surface area contributed by atoms with Gasteiger partial charge in [0.05, 0.1) is 7.11 Å². The van der Waals surface area contributed by atoms with Gasteiger partial charge < -0.3 is 25.0 Å². The van der Waals surface area contributed by atoms with Gasteiger partial charge in [-0.25, -0.2) is 0 Å². The molecule has 0 unspecified atom stereocenters. The highest BCUT2D eigenvalue weighted by molar-refractivity contribution is 14.0.